The largest absolute Gasteiger partial charge is 0.491 e. The van der Waals surface area contributed by atoms with Crippen molar-refractivity contribution in [2.45, 2.75) is 25.4 Å². The Labute approximate surface area is 113 Å². The van der Waals surface area contributed by atoms with Crippen LogP contribution in [0.5, 0.6) is 5.75 Å². The molecule has 0 spiro atoms. The second-order valence-corrected chi connectivity index (χ2v) is 4.69. The first kappa shape index (κ1) is 14.2. The van der Waals surface area contributed by atoms with Gasteiger partial charge in [-0.3, -0.25) is 0 Å². The third kappa shape index (κ3) is 3.89. The lowest BCUT2D eigenvalue weighted by Crippen LogP contribution is -2.42. The smallest absolute Gasteiger partial charge is 0.165 e. The van der Waals surface area contributed by atoms with Gasteiger partial charge < -0.3 is 20.5 Å². The molecule has 5 heteroatoms. The molecule has 4 nitrogen and oxygen atoms in total. The van der Waals surface area contributed by atoms with Gasteiger partial charge in [-0.25, -0.2) is 4.39 Å². The number of morpholine rings is 1. The highest BCUT2D eigenvalue weighted by molar-refractivity contribution is 5.31. The molecule has 2 unspecified atom stereocenters. The van der Waals surface area contributed by atoms with E-state index in [1.54, 1.807) is 6.07 Å². The standard InChI is InChI=1S/C14H21FN2O2/c1-2-19-14-4-3-10(7-12(14)15)13(16)8-11-9-18-6-5-17-11/h3-4,7,11,13,17H,2,5-6,8-9,16H2,1H3. The molecule has 0 radical (unpaired) electrons. The number of hydrogen-bond donors (Lipinski definition) is 2. The van der Waals surface area contributed by atoms with Crippen molar-refractivity contribution in [2.24, 2.45) is 5.73 Å². The molecule has 0 aliphatic carbocycles. The first-order valence-corrected chi connectivity index (χ1v) is 6.69. The summed E-state index contributed by atoms with van der Waals surface area (Å²) in [5.74, 6) is -0.0831. The minimum absolute atomic E-state index is 0.204. The molecule has 1 aliphatic heterocycles. The number of nitrogens with two attached hydrogens (primary N) is 1. The molecule has 0 bridgehead atoms. The highest BCUT2D eigenvalue weighted by Gasteiger charge is 2.18. The second-order valence-electron chi connectivity index (χ2n) is 4.69. The summed E-state index contributed by atoms with van der Waals surface area (Å²) in [5.41, 5.74) is 6.90. The van der Waals surface area contributed by atoms with Gasteiger partial charge in [-0.15, -0.1) is 0 Å². The van der Waals surface area contributed by atoms with Crippen molar-refractivity contribution in [3.8, 4) is 5.75 Å². The zero-order chi connectivity index (χ0) is 13.7. The average Bonchev–Trinajstić information content (AvgIpc) is 2.42. The van der Waals surface area contributed by atoms with Gasteiger partial charge in [0.1, 0.15) is 0 Å². The van der Waals surface area contributed by atoms with E-state index in [-0.39, 0.29) is 23.7 Å². The Morgan fingerprint density at radius 2 is 2.42 bits per heavy atom. The van der Waals surface area contributed by atoms with Crippen LogP contribution in [-0.2, 0) is 4.74 Å². The molecule has 19 heavy (non-hydrogen) atoms. The van der Waals surface area contributed by atoms with Crippen molar-refractivity contribution in [1.82, 2.24) is 5.32 Å². The Balaban J connectivity index is 1.98. The third-order valence-electron chi connectivity index (χ3n) is 3.22. The van der Waals surface area contributed by atoms with Gasteiger partial charge in [-0.05, 0) is 31.0 Å². The third-order valence-corrected chi connectivity index (χ3v) is 3.22. The first-order valence-electron chi connectivity index (χ1n) is 6.69. The molecular formula is C14H21FN2O2. The van der Waals surface area contributed by atoms with E-state index in [1.165, 1.54) is 6.07 Å². The Kier molecular flexibility index (Phi) is 5.13. The van der Waals surface area contributed by atoms with Crippen LogP contribution in [0.1, 0.15) is 24.9 Å². The molecule has 0 amide bonds. The first-order chi connectivity index (χ1) is 9.20. The van der Waals surface area contributed by atoms with Crippen LogP contribution in [0.4, 0.5) is 4.39 Å². The highest BCUT2D eigenvalue weighted by Crippen LogP contribution is 2.23. The quantitative estimate of drug-likeness (QED) is 0.851. The summed E-state index contributed by atoms with van der Waals surface area (Å²) in [7, 11) is 0. The monoisotopic (exact) mass is 268 g/mol. The lowest BCUT2D eigenvalue weighted by molar-refractivity contribution is 0.0720. The second kappa shape index (κ2) is 6.84. The van der Waals surface area contributed by atoms with Crippen molar-refractivity contribution >= 4 is 0 Å². The normalized spacial score (nSPS) is 21.1. The number of rotatable bonds is 5. The number of benzene rings is 1. The summed E-state index contributed by atoms with van der Waals surface area (Å²) < 4.78 is 24.3. The maximum absolute atomic E-state index is 13.8. The van der Waals surface area contributed by atoms with Gasteiger partial charge in [-0.2, -0.15) is 0 Å². The van der Waals surface area contributed by atoms with E-state index in [0.29, 0.717) is 13.2 Å². The summed E-state index contributed by atoms with van der Waals surface area (Å²) in [4.78, 5) is 0. The molecule has 106 valence electrons. The Morgan fingerprint density at radius 1 is 1.58 bits per heavy atom. The fourth-order valence-electron chi connectivity index (χ4n) is 2.23. The van der Waals surface area contributed by atoms with Gasteiger partial charge in [0.05, 0.1) is 19.8 Å². The van der Waals surface area contributed by atoms with Crippen molar-refractivity contribution in [3.63, 3.8) is 0 Å². The van der Waals surface area contributed by atoms with Gasteiger partial charge in [0.25, 0.3) is 0 Å². The molecule has 2 rings (SSSR count). The molecular weight excluding hydrogens is 247 g/mol. The lowest BCUT2D eigenvalue weighted by atomic mass is 9.99. The molecule has 1 heterocycles. The van der Waals surface area contributed by atoms with Crippen LogP contribution in [-0.4, -0.2) is 32.4 Å². The molecule has 1 aromatic carbocycles. The zero-order valence-electron chi connectivity index (χ0n) is 11.2. The molecule has 2 atom stereocenters. The van der Waals surface area contributed by atoms with Gasteiger partial charge in [0.2, 0.25) is 0 Å². The van der Waals surface area contributed by atoms with Crippen molar-refractivity contribution < 1.29 is 13.9 Å². The van der Waals surface area contributed by atoms with Crippen molar-refractivity contribution in [3.05, 3.63) is 29.6 Å². The molecule has 3 N–H and O–H groups in total. The maximum atomic E-state index is 13.8. The van der Waals surface area contributed by atoms with Crippen LogP contribution in [0.25, 0.3) is 0 Å². The zero-order valence-corrected chi connectivity index (χ0v) is 11.2. The van der Waals surface area contributed by atoms with Crippen molar-refractivity contribution in [1.29, 1.82) is 0 Å². The van der Waals surface area contributed by atoms with Crippen LogP contribution in [0, 0.1) is 5.82 Å². The summed E-state index contributed by atoms with van der Waals surface area (Å²) in [6.45, 7) is 4.52. The van der Waals surface area contributed by atoms with Crippen LogP contribution >= 0.6 is 0 Å². The Bertz CT molecular complexity index is 408. The van der Waals surface area contributed by atoms with E-state index in [1.807, 2.05) is 13.0 Å². The van der Waals surface area contributed by atoms with Crippen LogP contribution in [0.2, 0.25) is 0 Å². The van der Waals surface area contributed by atoms with Gasteiger partial charge in [0, 0.05) is 18.6 Å². The van der Waals surface area contributed by atoms with Gasteiger partial charge >= 0.3 is 0 Å². The number of hydrogen-bond acceptors (Lipinski definition) is 4. The van der Waals surface area contributed by atoms with E-state index in [2.05, 4.69) is 5.32 Å². The van der Waals surface area contributed by atoms with E-state index in [9.17, 15) is 4.39 Å². The lowest BCUT2D eigenvalue weighted by Gasteiger charge is -2.26. The SMILES string of the molecule is CCOc1ccc(C(N)CC2COCCN2)cc1F. The van der Waals surface area contributed by atoms with E-state index < -0.39 is 0 Å². The van der Waals surface area contributed by atoms with Gasteiger partial charge in [0.15, 0.2) is 11.6 Å². The number of nitrogens with one attached hydrogen (secondary N) is 1. The minimum Gasteiger partial charge on any atom is -0.491 e. The van der Waals surface area contributed by atoms with E-state index in [4.69, 9.17) is 15.2 Å². The van der Waals surface area contributed by atoms with E-state index >= 15 is 0 Å². The van der Waals surface area contributed by atoms with E-state index in [0.717, 1.165) is 25.1 Å². The summed E-state index contributed by atoms with van der Waals surface area (Å²) in [5, 5.41) is 3.34. The predicted octanol–water partition coefficient (Wildman–Crippen LogP) is 1.60. The summed E-state index contributed by atoms with van der Waals surface area (Å²) in [6, 6.07) is 4.95. The van der Waals surface area contributed by atoms with Gasteiger partial charge in [-0.1, -0.05) is 6.07 Å². The minimum atomic E-state index is -0.359. The maximum Gasteiger partial charge on any atom is 0.165 e. The number of halogens is 1. The van der Waals surface area contributed by atoms with Crippen LogP contribution in [0.15, 0.2) is 18.2 Å². The van der Waals surface area contributed by atoms with Crippen LogP contribution < -0.4 is 15.8 Å². The Morgan fingerprint density at radius 3 is 3.05 bits per heavy atom. The average molecular weight is 268 g/mol. The summed E-state index contributed by atoms with van der Waals surface area (Å²) in [6.07, 6.45) is 0.730. The van der Waals surface area contributed by atoms with Crippen molar-refractivity contribution in [2.75, 3.05) is 26.4 Å². The van der Waals surface area contributed by atoms with Crippen LogP contribution in [0.3, 0.4) is 0 Å². The molecule has 0 aromatic heterocycles. The molecule has 1 aliphatic rings. The topological polar surface area (TPSA) is 56.5 Å². The molecule has 0 saturated carbocycles. The Hall–Kier alpha value is -1.17. The molecule has 1 saturated heterocycles. The number of ether oxygens (including phenoxy) is 2. The fourth-order valence-corrected chi connectivity index (χ4v) is 2.23. The summed E-state index contributed by atoms with van der Waals surface area (Å²) >= 11 is 0. The molecule has 1 aromatic rings. The molecule has 1 fully saturated rings. The predicted molar refractivity (Wildman–Crippen MR) is 71.7 cm³/mol. The highest BCUT2D eigenvalue weighted by atomic mass is 19.1. The fraction of sp³-hybridized carbons (Fsp3) is 0.571.